The molecule has 0 atom stereocenters. The fraction of sp³-hybridized carbons (Fsp3) is 0.357. The summed E-state index contributed by atoms with van der Waals surface area (Å²) in [5.41, 5.74) is 1.99. The maximum absolute atomic E-state index is 11.8. The number of aryl methyl sites for hydroxylation is 1. The monoisotopic (exact) mass is 274 g/mol. The molecule has 1 aromatic carbocycles. The number of nitrogens with one attached hydrogen (secondary N) is 1. The third kappa shape index (κ3) is 3.42. The number of carbonyl (C=O) groups excluding carboxylic acids is 1. The molecular weight excluding hydrogens is 256 g/mol. The Bertz CT molecular complexity index is 580. The lowest BCUT2D eigenvalue weighted by Crippen LogP contribution is -2.26. The van der Waals surface area contributed by atoms with Crippen LogP contribution in [0.15, 0.2) is 30.6 Å². The topological polar surface area (TPSA) is 69.0 Å². The Morgan fingerprint density at radius 1 is 1.40 bits per heavy atom. The van der Waals surface area contributed by atoms with Crippen LogP contribution in [-0.2, 0) is 4.74 Å². The van der Waals surface area contributed by atoms with Crippen molar-refractivity contribution in [3.8, 4) is 5.69 Å². The fourth-order valence-electron chi connectivity index (χ4n) is 1.80. The van der Waals surface area contributed by atoms with Crippen LogP contribution < -0.4 is 5.32 Å². The number of hydrogen-bond donors (Lipinski definition) is 1. The summed E-state index contributed by atoms with van der Waals surface area (Å²) < 4.78 is 6.53. The molecule has 0 saturated heterocycles. The van der Waals surface area contributed by atoms with Crippen LogP contribution in [-0.4, -0.2) is 40.9 Å². The third-order valence-corrected chi connectivity index (χ3v) is 2.87. The van der Waals surface area contributed by atoms with E-state index >= 15 is 0 Å². The lowest BCUT2D eigenvalue weighted by molar-refractivity contribution is 0.0938. The van der Waals surface area contributed by atoms with Crippen LogP contribution in [0.25, 0.3) is 5.69 Å². The first kappa shape index (κ1) is 14.2. The third-order valence-electron chi connectivity index (χ3n) is 2.87. The minimum absolute atomic E-state index is 0.172. The second-order valence-electron chi connectivity index (χ2n) is 4.40. The summed E-state index contributed by atoms with van der Waals surface area (Å²) in [6.07, 6.45) is 2.31. The van der Waals surface area contributed by atoms with Gasteiger partial charge in [0.2, 0.25) is 5.82 Å². The van der Waals surface area contributed by atoms with Crippen molar-refractivity contribution < 1.29 is 9.53 Å². The minimum atomic E-state index is -0.270. The highest BCUT2D eigenvalue weighted by molar-refractivity contribution is 5.90. The number of hydrogen-bond acceptors (Lipinski definition) is 4. The van der Waals surface area contributed by atoms with Gasteiger partial charge >= 0.3 is 0 Å². The molecule has 0 aliphatic rings. The van der Waals surface area contributed by atoms with E-state index in [0.29, 0.717) is 13.2 Å². The van der Waals surface area contributed by atoms with Crippen molar-refractivity contribution in [2.75, 3.05) is 20.3 Å². The Balaban J connectivity index is 2.02. The van der Waals surface area contributed by atoms with E-state index in [2.05, 4.69) is 15.4 Å². The van der Waals surface area contributed by atoms with Crippen LogP contribution in [0.3, 0.4) is 0 Å². The van der Waals surface area contributed by atoms with Crippen LogP contribution >= 0.6 is 0 Å². The van der Waals surface area contributed by atoms with E-state index in [9.17, 15) is 4.79 Å². The zero-order valence-corrected chi connectivity index (χ0v) is 11.7. The molecule has 0 aliphatic carbocycles. The Kier molecular flexibility index (Phi) is 4.84. The van der Waals surface area contributed by atoms with Crippen LogP contribution in [0.2, 0.25) is 0 Å². The molecule has 1 aromatic heterocycles. The van der Waals surface area contributed by atoms with Crippen molar-refractivity contribution in [1.29, 1.82) is 0 Å². The maximum atomic E-state index is 11.8. The molecule has 0 aliphatic heterocycles. The summed E-state index contributed by atoms with van der Waals surface area (Å²) >= 11 is 0. The SMILES string of the molecule is COCCCNC(=O)c1ncn(-c2ccccc2C)n1. The Labute approximate surface area is 117 Å². The van der Waals surface area contributed by atoms with Crippen LogP contribution in [0.4, 0.5) is 0 Å². The molecule has 0 spiro atoms. The molecule has 0 fully saturated rings. The van der Waals surface area contributed by atoms with E-state index in [-0.39, 0.29) is 11.7 Å². The minimum Gasteiger partial charge on any atom is -0.385 e. The Morgan fingerprint density at radius 3 is 2.95 bits per heavy atom. The maximum Gasteiger partial charge on any atom is 0.290 e. The average Bonchev–Trinajstić information content (AvgIpc) is 2.93. The number of benzene rings is 1. The van der Waals surface area contributed by atoms with Gasteiger partial charge in [-0.15, -0.1) is 5.10 Å². The summed E-state index contributed by atoms with van der Waals surface area (Å²) in [4.78, 5) is 15.9. The van der Waals surface area contributed by atoms with E-state index in [1.54, 1.807) is 18.1 Å². The van der Waals surface area contributed by atoms with E-state index < -0.39 is 0 Å². The molecule has 2 rings (SSSR count). The quantitative estimate of drug-likeness (QED) is 0.807. The summed E-state index contributed by atoms with van der Waals surface area (Å²) in [5, 5.41) is 6.96. The number of ether oxygens (including phenoxy) is 1. The zero-order chi connectivity index (χ0) is 14.4. The molecule has 6 heteroatoms. The lowest BCUT2D eigenvalue weighted by atomic mass is 10.2. The molecule has 0 radical (unpaired) electrons. The normalized spacial score (nSPS) is 10.5. The predicted octanol–water partition coefficient (Wildman–Crippen LogP) is 1.34. The Morgan fingerprint density at radius 2 is 2.20 bits per heavy atom. The molecule has 0 saturated carbocycles. The summed E-state index contributed by atoms with van der Waals surface area (Å²) in [6, 6.07) is 7.81. The molecule has 1 amide bonds. The number of amides is 1. The predicted molar refractivity (Wildman–Crippen MR) is 74.9 cm³/mol. The highest BCUT2D eigenvalue weighted by Crippen LogP contribution is 2.11. The van der Waals surface area contributed by atoms with Crippen molar-refractivity contribution in [1.82, 2.24) is 20.1 Å². The van der Waals surface area contributed by atoms with Crippen molar-refractivity contribution in [2.24, 2.45) is 0 Å². The first-order valence-electron chi connectivity index (χ1n) is 6.47. The van der Waals surface area contributed by atoms with Gasteiger partial charge < -0.3 is 10.1 Å². The standard InChI is InChI=1S/C14H18N4O2/c1-11-6-3-4-7-12(11)18-10-16-13(17-18)14(19)15-8-5-9-20-2/h3-4,6-7,10H,5,8-9H2,1-2H3,(H,15,19). The summed E-state index contributed by atoms with van der Waals surface area (Å²) in [5.74, 6) is -0.0980. The molecular formula is C14H18N4O2. The first-order chi connectivity index (χ1) is 9.72. The van der Waals surface area contributed by atoms with Gasteiger partial charge in [-0.2, -0.15) is 0 Å². The van der Waals surface area contributed by atoms with Gasteiger partial charge in [-0.1, -0.05) is 18.2 Å². The highest BCUT2D eigenvalue weighted by atomic mass is 16.5. The first-order valence-corrected chi connectivity index (χ1v) is 6.47. The number of nitrogens with zero attached hydrogens (tertiary/aromatic N) is 3. The van der Waals surface area contributed by atoms with Crippen molar-refractivity contribution in [3.63, 3.8) is 0 Å². The summed E-state index contributed by atoms with van der Waals surface area (Å²) in [7, 11) is 1.63. The molecule has 1 heterocycles. The summed E-state index contributed by atoms with van der Waals surface area (Å²) in [6.45, 7) is 3.15. The molecule has 0 unspecified atom stereocenters. The molecule has 0 bridgehead atoms. The second-order valence-corrected chi connectivity index (χ2v) is 4.40. The number of para-hydroxylation sites is 1. The van der Waals surface area contributed by atoms with Gasteiger partial charge in [-0.3, -0.25) is 4.79 Å². The van der Waals surface area contributed by atoms with Gasteiger partial charge in [-0.05, 0) is 25.0 Å². The van der Waals surface area contributed by atoms with E-state index in [1.807, 2.05) is 31.2 Å². The molecule has 2 aromatic rings. The van der Waals surface area contributed by atoms with Gasteiger partial charge in [-0.25, -0.2) is 9.67 Å². The van der Waals surface area contributed by atoms with Crippen molar-refractivity contribution in [3.05, 3.63) is 42.0 Å². The van der Waals surface area contributed by atoms with E-state index in [1.165, 1.54) is 0 Å². The lowest BCUT2D eigenvalue weighted by Gasteiger charge is -2.04. The highest BCUT2D eigenvalue weighted by Gasteiger charge is 2.11. The molecule has 106 valence electrons. The average molecular weight is 274 g/mol. The van der Waals surface area contributed by atoms with Crippen LogP contribution in [0.5, 0.6) is 0 Å². The van der Waals surface area contributed by atoms with E-state index in [4.69, 9.17) is 4.74 Å². The number of carbonyl (C=O) groups is 1. The number of aromatic nitrogens is 3. The largest absolute Gasteiger partial charge is 0.385 e. The van der Waals surface area contributed by atoms with Gasteiger partial charge in [0.05, 0.1) is 5.69 Å². The van der Waals surface area contributed by atoms with Gasteiger partial charge in [0.25, 0.3) is 5.91 Å². The van der Waals surface area contributed by atoms with Crippen molar-refractivity contribution >= 4 is 5.91 Å². The van der Waals surface area contributed by atoms with Gasteiger partial charge in [0, 0.05) is 20.3 Å². The smallest absolute Gasteiger partial charge is 0.290 e. The van der Waals surface area contributed by atoms with Gasteiger partial charge in [0.15, 0.2) is 0 Å². The van der Waals surface area contributed by atoms with Crippen molar-refractivity contribution in [2.45, 2.75) is 13.3 Å². The number of methoxy groups -OCH3 is 1. The van der Waals surface area contributed by atoms with E-state index in [0.717, 1.165) is 17.7 Å². The van der Waals surface area contributed by atoms with Crippen LogP contribution in [0.1, 0.15) is 22.6 Å². The van der Waals surface area contributed by atoms with Gasteiger partial charge in [0.1, 0.15) is 6.33 Å². The number of rotatable bonds is 6. The molecule has 1 N–H and O–H groups in total. The molecule has 6 nitrogen and oxygen atoms in total. The second kappa shape index (κ2) is 6.81. The fourth-order valence-corrected chi connectivity index (χ4v) is 1.80. The molecule has 20 heavy (non-hydrogen) atoms. The van der Waals surface area contributed by atoms with Crippen LogP contribution in [0, 0.1) is 6.92 Å². The zero-order valence-electron chi connectivity index (χ0n) is 11.7. The Hall–Kier alpha value is -2.21.